The van der Waals surface area contributed by atoms with E-state index in [2.05, 4.69) is 10.2 Å². The lowest BCUT2D eigenvalue weighted by Crippen LogP contribution is -2.12. The van der Waals surface area contributed by atoms with E-state index in [0.29, 0.717) is 27.1 Å². The molecule has 4 rings (SSSR count). The molecule has 0 spiro atoms. The molecule has 0 saturated carbocycles. The second-order valence-corrected chi connectivity index (χ2v) is 9.89. The number of methoxy groups -OCH3 is 1. The lowest BCUT2D eigenvalue weighted by Gasteiger charge is -2.18. The number of halogens is 3. The molecule has 12 heteroatoms. The van der Waals surface area contributed by atoms with Crippen LogP contribution in [0.2, 0.25) is 10.0 Å². The maximum absolute atomic E-state index is 14.0. The number of ether oxygens (including phenoxy) is 2. The largest absolute Gasteiger partial charge is 0.493 e. The third kappa shape index (κ3) is 6.33. The van der Waals surface area contributed by atoms with E-state index in [1.165, 1.54) is 24.9 Å². The van der Waals surface area contributed by atoms with Gasteiger partial charge in [0.15, 0.2) is 16.7 Å². The second kappa shape index (κ2) is 11.8. The minimum Gasteiger partial charge on any atom is -0.493 e. The predicted octanol–water partition coefficient (Wildman–Crippen LogP) is 6.72. The fourth-order valence-electron chi connectivity index (χ4n) is 3.61. The van der Waals surface area contributed by atoms with E-state index in [1.54, 1.807) is 54.0 Å². The number of aromatic nitrogens is 3. The van der Waals surface area contributed by atoms with Crippen LogP contribution in [0.3, 0.4) is 0 Å². The highest BCUT2D eigenvalue weighted by Gasteiger charge is 2.26. The van der Waals surface area contributed by atoms with Gasteiger partial charge < -0.3 is 9.47 Å². The zero-order valence-electron chi connectivity index (χ0n) is 19.7. The number of rotatable bonds is 10. The third-order valence-corrected chi connectivity index (χ3v) is 7.11. The molecule has 0 N–H and O–H groups in total. The molecular formula is C25H21Cl2FN4O4S. The summed E-state index contributed by atoms with van der Waals surface area (Å²) in [6.07, 6.45) is 0. The maximum atomic E-state index is 14.0. The Hall–Kier alpha value is -3.34. The molecule has 0 unspecified atom stereocenters. The van der Waals surface area contributed by atoms with Crippen molar-refractivity contribution in [3.8, 4) is 17.2 Å². The number of aryl methyl sites for hydroxylation is 1. The minimum absolute atomic E-state index is 0.0708. The van der Waals surface area contributed by atoms with Gasteiger partial charge in [0.05, 0.1) is 12.1 Å². The van der Waals surface area contributed by atoms with Crippen molar-refractivity contribution in [3.63, 3.8) is 0 Å². The van der Waals surface area contributed by atoms with Crippen molar-refractivity contribution in [2.24, 2.45) is 0 Å². The number of hydrogen-bond acceptors (Lipinski definition) is 7. The maximum Gasteiger partial charge on any atom is 0.220 e. The molecule has 0 fully saturated rings. The van der Waals surface area contributed by atoms with Gasteiger partial charge in [-0.3, -0.25) is 14.7 Å². The van der Waals surface area contributed by atoms with Crippen LogP contribution in [-0.2, 0) is 6.61 Å². The van der Waals surface area contributed by atoms with Crippen LogP contribution in [0.1, 0.15) is 22.2 Å². The normalized spacial score (nSPS) is 11.8. The molecule has 192 valence electrons. The summed E-state index contributed by atoms with van der Waals surface area (Å²) < 4.78 is 27.1. The average Bonchev–Trinajstić information content (AvgIpc) is 3.23. The van der Waals surface area contributed by atoms with E-state index in [4.69, 9.17) is 32.7 Å². The van der Waals surface area contributed by atoms with Gasteiger partial charge in [-0.25, -0.2) is 4.39 Å². The molecule has 4 aromatic rings. The number of thioether (sulfide) groups is 1. The Balaban J connectivity index is 1.66. The van der Waals surface area contributed by atoms with E-state index < -0.39 is 22.5 Å². The first kappa shape index (κ1) is 26.7. The average molecular weight is 563 g/mol. The van der Waals surface area contributed by atoms with E-state index in [0.717, 1.165) is 5.69 Å². The lowest BCUT2D eigenvalue weighted by atomic mass is 10.1. The van der Waals surface area contributed by atoms with Crippen LogP contribution in [0.25, 0.3) is 5.69 Å². The Bertz CT molecular complexity index is 1420. The van der Waals surface area contributed by atoms with Crippen LogP contribution in [-0.4, -0.2) is 33.3 Å². The monoisotopic (exact) mass is 562 g/mol. The minimum atomic E-state index is -0.684. The number of nitro groups is 1. The molecule has 3 aromatic carbocycles. The van der Waals surface area contributed by atoms with Crippen LogP contribution in [0.15, 0.2) is 65.8 Å². The molecule has 37 heavy (non-hydrogen) atoms. The van der Waals surface area contributed by atoms with Crippen molar-refractivity contribution < 1.29 is 18.8 Å². The summed E-state index contributed by atoms with van der Waals surface area (Å²) in [7, 11) is 1.43. The van der Waals surface area contributed by atoms with Gasteiger partial charge >= 0.3 is 0 Å². The molecular weight excluding hydrogens is 542 g/mol. The van der Waals surface area contributed by atoms with Crippen molar-refractivity contribution in [1.82, 2.24) is 14.8 Å². The first-order chi connectivity index (χ1) is 17.8. The summed E-state index contributed by atoms with van der Waals surface area (Å²) in [5.74, 6) is 0.679. The molecule has 1 atom stereocenters. The zero-order valence-corrected chi connectivity index (χ0v) is 22.1. The molecule has 0 aliphatic rings. The van der Waals surface area contributed by atoms with Gasteiger partial charge in [-0.05, 0) is 55.0 Å². The Morgan fingerprint density at radius 2 is 1.86 bits per heavy atom. The lowest BCUT2D eigenvalue weighted by molar-refractivity contribution is -0.479. The van der Waals surface area contributed by atoms with Crippen molar-refractivity contribution in [2.75, 3.05) is 13.7 Å². The first-order valence-corrected chi connectivity index (χ1v) is 12.6. The highest BCUT2D eigenvalue weighted by molar-refractivity contribution is 7.99. The molecule has 0 aliphatic carbocycles. The van der Waals surface area contributed by atoms with Gasteiger partial charge in [0.25, 0.3) is 0 Å². The van der Waals surface area contributed by atoms with Gasteiger partial charge in [0.2, 0.25) is 6.54 Å². The smallest absolute Gasteiger partial charge is 0.220 e. The summed E-state index contributed by atoms with van der Waals surface area (Å²) in [5.41, 5.74) is 1.65. The fourth-order valence-corrected chi connectivity index (χ4v) is 5.16. The van der Waals surface area contributed by atoms with Crippen LogP contribution < -0.4 is 9.47 Å². The summed E-state index contributed by atoms with van der Waals surface area (Å²) in [6.45, 7) is 1.31. The molecule has 1 aromatic heterocycles. The summed E-state index contributed by atoms with van der Waals surface area (Å²) >= 11 is 13.7. The highest BCUT2D eigenvalue weighted by atomic mass is 35.5. The number of benzene rings is 3. The predicted molar refractivity (Wildman–Crippen MR) is 140 cm³/mol. The van der Waals surface area contributed by atoms with Gasteiger partial charge in [-0.2, -0.15) is 0 Å². The van der Waals surface area contributed by atoms with Gasteiger partial charge in [-0.15, -0.1) is 10.2 Å². The van der Waals surface area contributed by atoms with Crippen LogP contribution in [0.4, 0.5) is 4.39 Å². The molecule has 0 radical (unpaired) electrons. The number of hydrogen-bond donors (Lipinski definition) is 0. The van der Waals surface area contributed by atoms with Gasteiger partial charge in [0, 0.05) is 21.2 Å². The van der Waals surface area contributed by atoms with Crippen LogP contribution in [0.5, 0.6) is 11.5 Å². The molecule has 8 nitrogen and oxygen atoms in total. The van der Waals surface area contributed by atoms with E-state index in [-0.39, 0.29) is 23.1 Å². The summed E-state index contributed by atoms with van der Waals surface area (Å²) in [4.78, 5) is 11.2. The topological polar surface area (TPSA) is 92.3 Å². The Morgan fingerprint density at radius 3 is 2.54 bits per heavy atom. The molecule has 1 heterocycles. The highest BCUT2D eigenvalue weighted by Crippen LogP contribution is 2.43. The van der Waals surface area contributed by atoms with E-state index in [9.17, 15) is 14.5 Å². The fraction of sp³-hybridized carbons (Fsp3) is 0.200. The van der Waals surface area contributed by atoms with Crippen molar-refractivity contribution in [3.05, 3.63) is 104 Å². The first-order valence-electron chi connectivity index (χ1n) is 11.0. The van der Waals surface area contributed by atoms with Gasteiger partial charge in [0.1, 0.15) is 23.5 Å². The van der Waals surface area contributed by atoms with Gasteiger partial charge in [-0.1, -0.05) is 53.2 Å². The van der Waals surface area contributed by atoms with Crippen molar-refractivity contribution >= 4 is 35.0 Å². The van der Waals surface area contributed by atoms with Crippen molar-refractivity contribution in [1.29, 1.82) is 0 Å². The molecule has 0 bridgehead atoms. The Labute approximate surface area is 226 Å². The summed E-state index contributed by atoms with van der Waals surface area (Å²) in [6, 6.07) is 16.5. The van der Waals surface area contributed by atoms with Crippen LogP contribution in [0, 0.1) is 22.9 Å². The third-order valence-electron chi connectivity index (χ3n) is 5.40. The standard InChI is InChI=1S/C25H21Cl2FN4O4S/c1-15-29-30-25(32(15)19-9-7-18(26)8-10-19)37-23(13-31(33)34)17-11-20(27)24(22(12-17)35-2)36-14-16-5-3-4-6-21(16)28/h3-12,23H,13-14H2,1-2H3/t23-/m1/s1. The van der Waals surface area contributed by atoms with E-state index in [1.807, 2.05) is 12.1 Å². The van der Waals surface area contributed by atoms with Crippen molar-refractivity contribution in [2.45, 2.75) is 23.9 Å². The molecule has 0 saturated heterocycles. The SMILES string of the molecule is COc1cc([C@@H](C[N+](=O)[O-])Sc2nnc(C)n2-c2ccc(Cl)cc2)cc(Cl)c1OCc1ccccc1F. The molecule has 0 amide bonds. The number of nitrogens with zero attached hydrogens (tertiary/aromatic N) is 4. The summed E-state index contributed by atoms with van der Waals surface area (Å²) in [5, 5.41) is 20.5. The zero-order chi connectivity index (χ0) is 26.5. The second-order valence-electron chi connectivity index (χ2n) is 7.88. The Morgan fingerprint density at radius 1 is 1.14 bits per heavy atom. The quantitative estimate of drug-likeness (QED) is 0.120. The van der Waals surface area contributed by atoms with Crippen LogP contribution >= 0.6 is 35.0 Å². The van der Waals surface area contributed by atoms with E-state index >= 15 is 0 Å². The molecule has 0 aliphatic heterocycles. The Kier molecular flexibility index (Phi) is 8.52.